The van der Waals surface area contributed by atoms with Crippen molar-refractivity contribution in [1.82, 2.24) is 30.0 Å². The molecular formula is C41H50N6O2. The van der Waals surface area contributed by atoms with Gasteiger partial charge < -0.3 is 10.2 Å². The van der Waals surface area contributed by atoms with Gasteiger partial charge in [0.15, 0.2) is 0 Å². The Morgan fingerprint density at radius 2 is 0.857 bits per heavy atom. The lowest BCUT2D eigenvalue weighted by molar-refractivity contribution is 0.436. The van der Waals surface area contributed by atoms with Crippen LogP contribution in [0.3, 0.4) is 0 Å². The van der Waals surface area contributed by atoms with Crippen LogP contribution in [-0.2, 0) is 17.3 Å². The molecule has 0 aliphatic heterocycles. The summed E-state index contributed by atoms with van der Waals surface area (Å²) >= 11 is 0. The van der Waals surface area contributed by atoms with E-state index in [1.807, 2.05) is 48.5 Å². The van der Waals surface area contributed by atoms with Gasteiger partial charge in [-0.3, -0.25) is 0 Å². The molecule has 0 aliphatic rings. The van der Waals surface area contributed by atoms with Gasteiger partial charge in [0.05, 0.1) is 0 Å². The largest absolute Gasteiger partial charge is 0.506 e. The third kappa shape index (κ3) is 6.91. The van der Waals surface area contributed by atoms with Gasteiger partial charge in [0, 0.05) is 6.42 Å². The van der Waals surface area contributed by atoms with E-state index < -0.39 is 0 Å². The molecule has 0 spiro atoms. The summed E-state index contributed by atoms with van der Waals surface area (Å²) in [5.74, 6) is 0.216. The Hall–Kier alpha value is -4.72. The first kappa shape index (κ1) is 34.2. The van der Waals surface area contributed by atoms with Crippen molar-refractivity contribution in [1.29, 1.82) is 0 Å². The maximum atomic E-state index is 11.7. The lowest BCUT2D eigenvalue weighted by Crippen LogP contribution is -2.24. The van der Waals surface area contributed by atoms with Crippen LogP contribution in [-0.4, -0.2) is 40.2 Å². The number of phenols is 2. The molecule has 2 N–H and O–H groups in total. The van der Waals surface area contributed by atoms with Crippen molar-refractivity contribution in [2.24, 2.45) is 0 Å². The molecule has 0 bridgehead atoms. The van der Waals surface area contributed by atoms with E-state index in [9.17, 15) is 10.2 Å². The predicted octanol–water partition coefficient (Wildman–Crippen LogP) is 9.87. The highest BCUT2D eigenvalue weighted by Crippen LogP contribution is 2.43. The number of nitrogens with zero attached hydrogens (tertiary/aromatic N) is 6. The molecule has 0 saturated carbocycles. The lowest BCUT2D eigenvalue weighted by atomic mass is 9.73. The Kier molecular flexibility index (Phi) is 9.77. The highest BCUT2D eigenvalue weighted by atomic mass is 16.3. The third-order valence-corrected chi connectivity index (χ3v) is 10.1. The molecule has 8 heteroatoms. The van der Waals surface area contributed by atoms with E-state index in [1.54, 1.807) is 21.7 Å². The van der Waals surface area contributed by atoms with Crippen molar-refractivity contribution in [2.75, 3.05) is 0 Å². The molecule has 2 aromatic heterocycles. The van der Waals surface area contributed by atoms with Gasteiger partial charge in [-0.2, -0.15) is 0 Å². The molecule has 0 unspecified atom stereocenters. The van der Waals surface area contributed by atoms with E-state index >= 15 is 0 Å². The zero-order chi connectivity index (χ0) is 34.8. The highest BCUT2D eigenvalue weighted by molar-refractivity contribution is 5.75. The van der Waals surface area contributed by atoms with Gasteiger partial charge in [0.1, 0.15) is 44.9 Å². The zero-order valence-corrected chi connectivity index (χ0v) is 29.9. The summed E-state index contributed by atoms with van der Waals surface area (Å²) in [6.07, 6.45) is 9.16. The molecule has 256 valence electrons. The number of aromatic nitrogens is 6. The molecule has 4 aromatic carbocycles. The molecular weight excluding hydrogens is 608 g/mol. The number of phenolic OH excluding ortho intramolecular Hbond substituents is 2. The number of rotatable bonds is 14. The summed E-state index contributed by atoms with van der Waals surface area (Å²) in [6.45, 7) is 13.6. The molecule has 0 atom stereocenters. The fourth-order valence-corrected chi connectivity index (χ4v) is 7.32. The number of hydrogen-bond donors (Lipinski definition) is 2. The first-order chi connectivity index (χ1) is 23.5. The van der Waals surface area contributed by atoms with Crippen LogP contribution in [0.4, 0.5) is 0 Å². The second kappa shape index (κ2) is 14.0. The van der Waals surface area contributed by atoms with Gasteiger partial charge in [-0.05, 0) is 82.3 Å². The molecule has 0 saturated heterocycles. The minimum absolute atomic E-state index is 0.108. The van der Waals surface area contributed by atoms with Crippen molar-refractivity contribution >= 4 is 22.1 Å². The summed E-state index contributed by atoms with van der Waals surface area (Å²) in [6, 6.07) is 23.2. The molecule has 0 aliphatic carbocycles. The summed E-state index contributed by atoms with van der Waals surface area (Å²) in [7, 11) is 0. The summed E-state index contributed by atoms with van der Waals surface area (Å²) in [5.41, 5.74) is 7.80. The minimum atomic E-state index is -0.216. The Balaban J connectivity index is 1.63. The van der Waals surface area contributed by atoms with Gasteiger partial charge in [-0.1, -0.05) is 116 Å². The lowest BCUT2D eigenvalue weighted by Gasteiger charge is -2.32. The van der Waals surface area contributed by atoms with E-state index in [0.717, 1.165) is 95.7 Å². The van der Waals surface area contributed by atoms with Crippen LogP contribution in [0, 0.1) is 0 Å². The third-order valence-electron chi connectivity index (χ3n) is 10.1. The van der Waals surface area contributed by atoms with Crippen molar-refractivity contribution in [3.8, 4) is 22.9 Å². The van der Waals surface area contributed by atoms with E-state index in [-0.39, 0.29) is 22.3 Å². The molecule has 0 fully saturated rings. The maximum Gasteiger partial charge on any atom is 0.143 e. The van der Waals surface area contributed by atoms with Crippen molar-refractivity contribution in [2.45, 2.75) is 110 Å². The molecule has 0 amide bonds. The predicted molar refractivity (Wildman–Crippen MR) is 198 cm³/mol. The van der Waals surface area contributed by atoms with Crippen LogP contribution in [0.15, 0.2) is 72.8 Å². The first-order valence-corrected chi connectivity index (χ1v) is 17.9. The summed E-state index contributed by atoms with van der Waals surface area (Å²) in [4.78, 5) is 3.19. The second-order valence-corrected chi connectivity index (χ2v) is 14.7. The zero-order valence-electron chi connectivity index (χ0n) is 29.9. The second-order valence-electron chi connectivity index (χ2n) is 14.7. The number of unbranched alkanes of at least 4 members (excludes halogenated alkanes) is 4. The summed E-state index contributed by atoms with van der Waals surface area (Å²) < 4.78 is 0. The highest BCUT2D eigenvalue weighted by Gasteiger charge is 2.32. The maximum absolute atomic E-state index is 11.7. The van der Waals surface area contributed by atoms with Crippen molar-refractivity contribution < 1.29 is 10.2 Å². The molecule has 6 aromatic rings. The smallest absolute Gasteiger partial charge is 0.143 e. The summed E-state index contributed by atoms with van der Waals surface area (Å²) in [5, 5.41) is 42.8. The quantitative estimate of drug-likeness (QED) is 0.113. The number of aromatic hydroxyl groups is 2. The normalized spacial score (nSPS) is 12.4. The van der Waals surface area contributed by atoms with Gasteiger partial charge in [-0.15, -0.1) is 30.0 Å². The van der Waals surface area contributed by atoms with Crippen LogP contribution in [0.1, 0.15) is 115 Å². The number of benzene rings is 4. The van der Waals surface area contributed by atoms with Gasteiger partial charge in [0.25, 0.3) is 0 Å². The molecule has 49 heavy (non-hydrogen) atoms. The van der Waals surface area contributed by atoms with Crippen LogP contribution in [0.5, 0.6) is 11.5 Å². The minimum Gasteiger partial charge on any atom is -0.506 e. The Bertz CT molecular complexity index is 1860. The van der Waals surface area contributed by atoms with Crippen LogP contribution < -0.4 is 0 Å². The van der Waals surface area contributed by atoms with Gasteiger partial charge >= 0.3 is 0 Å². The average Bonchev–Trinajstić information content (AvgIpc) is 3.69. The molecule has 0 radical (unpaired) electrons. The van der Waals surface area contributed by atoms with E-state index in [1.165, 1.54) is 0 Å². The van der Waals surface area contributed by atoms with E-state index in [0.29, 0.717) is 17.8 Å². The van der Waals surface area contributed by atoms with Gasteiger partial charge in [0.2, 0.25) is 0 Å². The molecule has 8 nitrogen and oxygen atoms in total. The van der Waals surface area contributed by atoms with Crippen molar-refractivity contribution in [3.05, 3.63) is 95.1 Å². The number of hydrogen-bond acceptors (Lipinski definition) is 6. The SMILES string of the molecule is CCCCCC(C)(C)c1ccc(O)c(-n2nc3ccccc3n2)c1Cc1c(C(C)(C)CCCCC)ccc(O)c1-n1nc2ccccc2n1. The van der Waals surface area contributed by atoms with Crippen LogP contribution >= 0.6 is 0 Å². The van der Waals surface area contributed by atoms with Crippen LogP contribution in [0.25, 0.3) is 33.4 Å². The van der Waals surface area contributed by atoms with Gasteiger partial charge in [-0.25, -0.2) is 0 Å². The Morgan fingerprint density at radius 3 is 1.18 bits per heavy atom. The van der Waals surface area contributed by atoms with Crippen molar-refractivity contribution in [3.63, 3.8) is 0 Å². The van der Waals surface area contributed by atoms with E-state index in [4.69, 9.17) is 20.4 Å². The monoisotopic (exact) mass is 658 g/mol. The number of fused-ring (bicyclic) bond motifs is 2. The standard InChI is InChI=1S/C41H50N6O2/c1-7-9-15-25-40(3,4)30-21-23-36(48)38(46-42-32-17-11-12-18-33(32)43-46)28(30)27-29-31(41(5,6)26-16-10-8-2)22-24-37(49)39(29)47-44-34-19-13-14-20-35(34)45-47/h11-14,17-24,48-49H,7-10,15-16,25-27H2,1-6H3. The first-order valence-electron chi connectivity index (χ1n) is 17.9. The van der Waals surface area contributed by atoms with Crippen LogP contribution in [0.2, 0.25) is 0 Å². The average molecular weight is 659 g/mol. The van der Waals surface area contributed by atoms with E-state index in [2.05, 4.69) is 53.7 Å². The topological polar surface area (TPSA) is 102 Å². The fourth-order valence-electron chi connectivity index (χ4n) is 7.32. The fraction of sp³-hybridized carbons (Fsp3) is 0.415. The Morgan fingerprint density at radius 1 is 0.510 bits per heavy atom. The molecule has 2 heterocycles. The molecule has 6 rings (SSSR count). The Labute approximate surface area is 289 Å².